The van der Waals surface area contributed by atoms with Crippen molar-refractivity contribution in [2.45, 2.75) is 38.3 Å². The molecule has 0 aromatic carbocycles. The number of carbonyl (C=O) groups excluding carboxylic acids is 1. The molecule has 0 N–H and O–H groups in total. The molecule has 0 radical (unpaired) electrons. The zero-order valence-electron chi connectivity index (χ0n) is 16.3. The van der Waals surface area contributed by atoms with Gasteiger partial charge in [0.25, 0.3) is 5.91 Å². The van der Waals surface area contributed by atoms with Crippen LogP contribution < -0.4 is 4.74 Å². The Morgan fingerprint density at radius 3 is 2.93 bits per heavy atom. The number of nitrogens with zero attached hydrogens (tertiary/aromatic N) is 5. The van der Waals surface area contributed by atoms with Crippen LogP contribution in [0.3, 0.4) is 0 Å². The molecule has 3 aromatic heterocycles. The molecule has 3 aromatic rings. The fourth-order valence-corrected chi connectivity index (χ4v) is 4.66. The highest BCUT2D eigenvalue weighted by Gasteiger charge is 2.49. The molecule has 0 aliphatic carbocycles. The Hall–Kier alpha value is -3.22. The van der Waals surface area contributed by atoms with E-state index in [0.717, 1.165) is 30.5 Å². The predicted octanol–water partition coefficient (Wildman–Crippen LogP) is 3.04. The molecule has 0 saturated carbocycles. The minimum absolute atomic E-state index is 0.0108. The Balaban J connectivity index is 1.37. The van der Waals surface area contributed by atoms with E-state index >= 15 is 0 Å². The zero-order valence-corrected chi connectivity index (χ0v) is 16.3. The normalized spacial score (nSPS) is 22.8. The smallest absolute Gasteiger partial charge is 0.275 e. The van der Waals surface area contributed by atoms with Gasteiger partial charge in [-0.05, 0) is 49.9 Å². The number of ether oxygens (including phenoxy) is 1. The van der Waals surface area contributed by atoms with E-state index in [1.807, 2.05) is 48.4 Å². The summed E-state index contributed by atoms with van der Waals surface area (Å²) in [5, 5.41) is 4.31. The molecule has 2 aliphatic rings. The lowest BCUT2D eigenvalue weighted by atomic mass is 9.90. The first-order valence-corrected chi connectivity index (χ1v) is 10.0. The summed E-state index contributed by atoms with van der Waals surface area (Å²) >= 11 is 0. The van der Waals surface area contributed by atoms with Gasteiger partial charge in [0.05, 0.1) is 12.3 Å². The summed E-state index contributed by atoms with van der Waals surface area (Å²) in [6.07, 6.45) is 10.0. The van der Waals surface area contributed by atoms with Crippen LogP contribution >= 0.6 is 0 Å². The number of aromatic nitrogens is 4. The van der Waals surface area contributed by atoms with Crippen molar-refractivity contribution >= 4 is 5.91 Å². The summed E-state index contributed by atoms with van der Waals surface area (Å²) in [7, 11) is 0. The third kappa shape index (κ3) is 3.26. The lowest BCUT2D eigenvalue weighted by Gasteiger charge is -2.25. The third-order valence-electron chi connectivity index (χ3n) is 5.94. The zero-order chi connectivity index (χ0) is 19.8. The lowest BCUT2D eigenvalue weighted by Crippen LogP contribution is -2.38. The quantitative estimate of drug-likeness (QED) is 0.671. The molecule has 5 rings (SSSR count). The van der Waals surface area contributed by atoms with Gasteiger partial charge < -0.3 is 9.64 Å². The van der Waals surface area contributed by atoms with E-state index in [1.54, 1.807) is 23.3 Å². The van der Waals surface area contributed by atoms with Crippen molar-refractivity contribution in [3.05, 3.63) is 66.4 Å². The van der Waals surface area contributed by atoms with E-state index < -0.39 is 0 Å². The number of fused-ring (bicyclic) bond motifs is 2. The largest absolute Gasteiger partial charge is 0.477 e. The maximum Gasteiger partial charge on any atom is 0.275 e. The number of hydrogen-bond acceptors (Lipinski definition) is 5. The Morgan fingerprint density at radius 2 is 2.14 bits per heavy atom. The van der Waals surface area contributed by atoms with E-state index in [2.05, 4.69) is 15.1 Å². The van der Waals surface area contributed by atoms with Crippen molar-refractivity contribution < 1.29 is 9.53 Å². The minimum atomic E-state index is -0.0108. The summed E-state index contributed by atoms with van der Waals surface area (Å²) in [6.45, 7) is 2.55. The molecule has 7 heteroatoms. The maximum atomic E-state index is 13.5. The summed E-state index contributed by atoms with van der Waals surface area (Å²) in [5.74, 6) is 0.941. The summed E-state index contributed by atoms with van der Waals surface area (Å²) in [4.78, 5) is 24.3. The molecule has 2 saturated heterocycles. The van der Waals surface area contributed by atoms with Crippen molar-refractivity contribution in [2.75, 3.05) is 6.61 Å². The van der Waals surface area contributed by atoms with Crippen LogP contribution in [0.15, 0.2) is 55.1 Å². The van der Waals surface area contributed by atoms with Gasteiger partial charge in [-0.25, -0.2) is 14.6 Å². The molecular weight excluding hydrogens is 366 g/mol. The second-order valence-electron chi connectivity index (χ2n) is 7.82. The summed E-state index contributed by atoms with van der Waals surface area (Å²) in [5.41, 5.74) is 2.19. The van der Waals surface area contributed by atoms with Crippen LogP contribution in [0.1, 0.15) is 35.3 Å². The van der Waals surface area contributed by atoms with Gasteiger partial charge in [0.1, 0.15) is 0 Å². The van der Waals surface area contributed by atoms with Crippen LogP contribution in [-0.2, 0) is 0 Å². The van der Waals surface area contributed by atoms with Gasteiger partial charge in [-0.3, -0.25) is 4.79 Å². The van der Waals surface area contributed by atoms with Gasteiger partial charge in [-0.2, -0.15) is 5.10 Å². The average Bonchev–Trinajstić information content (AvgIpc) is 3.49. The van der Waals surface area contributed by atoms with Crippen molar-refractivity contribution in [1.82, 2.24) is 24.6 Å². The van der Waals surface area contributed by atoms with Crippen molar-refractivity contribution in [1.29, 1.82) is 0 Å². The third-order valence-corrected chi connectivity index (χ3v) is 5.94. The minimum Gasteiger partial charge on any atom is -0.477 e. The van der Waals surface area contributed by atoms with Crippen LogP contribution in [-0.4, -0.2) is 49.2 Å². The molecule has 7 nitrogen and oxygen atoms in total. The summed E-state index contributed by atoms with van der Waals surface area (Å²) in [6, 6.07) is 9.90. The lowest BCUT2D eigenvalue weighted by molar-refractivity contribution is 0.0703. The molecule has 5 heterocycles. The molecule has 2 aliphatic heterocycles. The monoisotopic (exact) mass is 389 g/mol. The second kappa shape index (κ2) is 7.31. The number of aryl methyl sites for hydroxylation is 1. The van der Waals surface area contributed by atoms with Gasteiger partial charge >= 0.3 is 0 Å². The van der Waals surface area contributed by atoms with Crippen LogP contribution in [0.5, 0.6) is 5.88 Å². The first kappa shape index (κ1) is 17.8. The summed E-state index contributed by atoms with van der Waals surface area (Å²) < 4.78 is 7.61. The Kier molecular flexibility index (Phi) is 4.50. The molecular formula is C22H23N5O2. The molecule has 3 unspecified atom stereocenters. The topological polar surface area (TPSA) is 73.1 Å². The SMILES string of the molecule is Cc1cnc(C(=O)N2C3CCC2C(COc2ccccn2)C3)c(-n2cccn2)c1. The molecule has 3 atom stereocenters. The number of carbonyl (C=O) groups is 1. The van der Waals surface area contributed by atoms with Crippen LogP contribution in [0.25, 0.3) is 5.69 Å². The number of pyridine rings is 2. The van der Waals surface area contributed by atoms with Crippen molar-refractivity contribution in [3.63, 3.8) is 0 Å². The van der Waals surface area contributed by atoms with Crippen molar-refractivity contribution in [2.24, 2.45) is 5.92 Å². The highest BCUT2D eigenvalue weighted by molar-refractivity contribution is 5.96. The number of rotatable bonds is 5. The highest BCUT2D eigenvalue weighted by Crippen LogP contribution is 2.42. The molecule has 0 spiro atoms. The van der Waals surface area contributed by atoms with Crippen LogP contribution in [0, 0.1) is 12.8 Å². The van der Waals surface area contributed by atoms with Gasteiger partial charge in [-0.1, -0.05) is 6.07 Å². The first-order valence-electron chi connectivity index (χ1n) is 10.0. The highest BCUT2D eigenvalue weighted by atomic mass is 16.5. The molecule has 2 fully saturated rings. The number of hydrogen-bond donors (Lipinski definition) is 0. The van der Waals surface area contributed by atoms with Gasteiger partial charge in [0.2, 0.25) is 5.88 Å². The van der Waals surface area contributed by atoms with Gasteiger partial charge in [0.15, 0.2) is 5.69 Å². The molecule has 29 heavy (non-hydrogen) atoms. The fraction of sp³-hybridized carbons (Fsp3) is 0.364. The molecule has 2 bridgehead atoms. The van der Waals surface area contributed by atoms with Crippen LogP contribution in [0.4, 0.5) is 0 Å². The van der Waals surface area contributed by atoms with Crippen LogP contribution in [0.2, 0.25) is 0 Å². The Labute approximate surface area is 169 Å². The van der Waals surface area contributed by atoms with Gasteiger partial charge in [-0.15, -0.1) is 0 Å². The molecule has 148 valence electrons. The van der Waals surface area contributed by atoms with E-state index in [9.17, 15) is 4.79 Å². The van der Waals surface area contributed by atoms with E-state index in [-0.39, 0.29) is 18.0 Å². The van der Waals surface area contributed by atoms with E-state index in [4.69, 9.17) is 4.74 Å². The average molecular weight is 389 g/mol. The standard InChI is InChI=1S/C22H23N5O2/c1-15-11-19(26-10-4-9-25-26)21(24-13-15)22(28)27-17-6-7-18(27)16(12-17)14-29-20-5-2-3-8-23-20/h2-5,8-11,13,16-18H,6-7,12,14H2,1H3. The first-order chi connectivity index (χ1) is 14.2. The number of amides is 1. The predicted molar refractivity (Wildman–Crippen MR) is 107 cm³/mol. The van der Waals surface area contributed by atoms with E-state index in [0.29, 0.717) is 24.1 Å². The van der Waals surface area contributed by atoms with Gasteiger partial charge in [0, 0.05) is 48.9 Å². The fourth-order valence-electron chi connectivity index (χ4n) is 4.66. The molecule has 1 amide bonds. The second-order valence-corrected chi connectivity index (χ2v) is 7.82. The van der Waals surface area contributed by atoms with Crippen molar-refractivity contribution in [3.8, 4) is 11.6 Å². The Morgan fingerprint density at radius 1 is 1.21 bits per heavy atom. The maximum absolute atomic E-state index is 13.5. The Bertz CT molecular complexity index is 1010. The van der Waals surface area contributed by atoms with E-state index in [1.165, 1.54) is 0 Å².